The van der Waals surface area contributed by atoms with Crippen LogP contribution in [0.3, 0.4) is 0 Å². The summed E-state index contributed by atoms with van der Waals surface area (Å²) in [6, 6.07) is 15.8. The summed E-state index contributed by atoms with van der Waals surface area (Å²) in [5.41, 5.74) is 6.91. The first-order valence-electron chi connectivity index (χ1n) is 7.49. The average molecular weight is 267 g/mol. The lowest BCUT2D eigenvalue weighted by Gasteiger charge is -2.16. The van der Waals surface area contributed by atoms with Crippen LogP contribution in [0.25, 0.3) is 0 Å². The lowest BCUT2D eigenvalue weighted by atomic mass is 10.0. The SMILES string of the molecule is CCc1ccc(C(C)NCc2cccc(C)c2C)cc1. The van der Waals surface area contributed by atoms with E-state index in [9.17, 15) is 0 Å². The Morgan fingerprint density at radius 1 is 1.00 bits per heavy atom. The molecule has 0 heterocycles. The number of nitrogens with one attached hydrogen (secondary N) is 1. The second-order valence-electron chi connectivity index (χ2n) is 5.56. The number of hydrogen-bond donors (Lipinski definition) is 1. The monoisotopic (exact) mass is 267 g/mol. The van der Waals surface area contributed by atoms with Crippen molar-refractivity contribution < 1.29 is 0 Å². The van der Waals surface area contributed by atoms with Gasteiger partial charge in [-0.25, -0.2) is 0 Å². The molecule has 0 aromatic heterocycles. The molecule has 0 amide bonds. The van der Waals surface area contributed by atoms with Crippen molar-refractivity contribution in [3.05, 3.63) is 70.3 Å². The first-order valence-corrected chi connectivity index (χ1v) is 7.49. The Hall–Kier alpha value is -1.60. The molecule has 1 atom stereocenters. The molecule has 0 aliphatic carbocycles. The molecule has 2 aromatic rings. The summed E-state index contributed by atoms with van der Waals surface area (Å²) in [6.45, 7) is 9.71. The molecule has 2 aromatic carbocycles. The summed E-state index contributed by atoms with van der Waals surface area (Å²) in [6.07, 6.45) is 1.10. The van der Waals surface area contributed by atoms with E-state index in [0.29, 0.717) is 6.04 Å². The van der Waals surface area contributed by atoms with Crippen molar-refractivity contribution in [1.82, 2.24) is 5.32 Å². The standard InChI is InChI=1S/C19H25N/c1-5-17-9-11-18(12-10-17)16(4)20-13-19-8-6-7-14(2)15(19)3/h6-12,16,20H,5,13H2,1-4H3. The largest absolute Gasteiger partial charge is 0.306 e. The molecular weight excluding hydrogens is 242 g/mol. The predicted molar refractivity (Wildman–Crippen MR) is 87.0 cm³/mol. The van der Waals surface area contributed by atoms with Crippen molar-refractivity contribution in [3.8, 4) is 0 Å². The van der Waals surface area contributed by atoms with Crippen molar-refractivity contribution >= 4 is 0 Å². The van der Waals surface area contributed by atoms with E-state index in [-0.39, 0.29) is 0 Å². The Morgan fingerprint density at radius 3 is 2.35 bits per heavy atom. The molecule has 106 valence electrons. The minimum atomic E-state index is 0.376. The molecule has 0 fully saturated rings. The van der Waals surface area contributed by atoms with Crippen LogP contribution in [-0.2, 0) is 13.0 Å². The third-order valence-corrected chi connectivity index (χ3v) is 4.20. The van der Waals surface area contributed by atoms with Gasteiger partial charge in [-0.2, -0.15) is 0 Å². The molecule has 2 rings (SSSR count). The lowest BCUT2D eigenvalue weighted by molar-refractivity contribution is 0.573. The Balaban J connectivity index is 2.00. The van der Waals surface area contributed by atoms with Crippen molar-refractivity contribution in [3.63, 3.8) is 0 Å². The maximum absolute atomic E-state index is 3.62. The minimum Gasteiger partial charge on any atom is -0.306 e. The highest BCUT2D eigenvalue weighted by Gasteiger charge is 2.06. The highest BCUT2D eigenvalue weighted by molar-refractivity contribution is 5.33. The molecule has 1 N–H and O–H groups in total. The topological polar surface area (TPSA) is 12.0 Å². The quantitative estimate of drug-likeness (QED) is 0.826. The van der Waals surface area contributed by atoms with Gasteiger partial charge in [0.2, 0.25) is 0 Å². The fourth-order valence-electron chi connectivity index (χ4n) is 2.43. The number of rotatable bonds is 5. The van der Waals surface area contributed by atoms with E-state index in [4.69, 9.17) is 0 Å². The summed E-state index contributed by atoms with van der Waals surface area (Å²) >= 11 is 0. The van der Waals surface area contributed by atoms with E-state index in [1.54, 1.807) is 0 Å². The van der Waals surface area contributed by atoms with Crippen LogP contribution < -0.4 is 5.32 Å². The Bertz CT molecular complexity index is 554. The highest BCUT2D eigenvalue weighted by atomic mass is 14.9. The zero-order chi connectivity index (χ0) is 14.5. The van der Waals surface area contributed by atoms with Gasteiger partial charge in [0.1, 0.15) is 0 Å². The van der Waals surface area contributed by atoms with Gasteiger partial charge in [-0.05, 0) is 55.0 Å². The zero-order valence-electron chi connectivity index (χ0n) is 13.0. The number of hydrogen-bond acceptors (Lipinski definition) is 1. The van der Waals surface area contributed by atoms with E-state index in [1.165, 1.54) is 27.8 Å². The highest BCUT2D eigenvalue weighted by Crippen LogP contribution is 2.17. The average Bonchev–Trinajstić information content (AvgIpc) is 2.48. The molecule has 20 heavy (non-hydrogen) atoms. The Morgan fingerprint density at radius 2 is 1.70 bits per heavy atom. The summed E-state index contributed by atoms with van der Waals surface area (Å²) in [5.74, 6) is 0. The molecule has 0 aliphatic heterocycles. The van der Waals surface area contributed by atoms with Crippen LogP contribution in [0.15, 0.2) is 42.5 Å². The van der Waals surface area contributed by atoms with Crippen LogP contribution in [0.2, 0.25) is 0 Å². The van der Waals surface area contributed by atoms with E-state index >= 15 is 0 Å². The van der Waals surface area contributed by atoms with Crippen molar-refractivity contribution in [1.29, 1.82) is 0 Å². The summed E-state index contributed by atoms with van der Waals surface area (Å²) in [4.78, 5) is 0. The summed E-state index contributed by atoms with van der Waals surface area (Å²) in [5, 5.41) is 3.62. The predicted octanol–water partition coefficient (Wildman–Crippen LogP) is 4.72. The molecule has 0 saturated heterocycles. The van der Waals surface area contributed by atoms with Crippen LogP contribution in [-0.4, -0.2) is 0 Å². The fraction of sp³-hybridized carbons (Fsp3) is 0.368. The first-order chi connectivity index (χ1) is 9.61. The van der Waals surface area contributed by atoms with Gasteiger partial charge in [-0.1, -0.05) is 49.4 Å². The van der Waals surface area contributed by atoms with E-state index in [0.717, 1.165) is 13.0 Å². The third kappa shape index (κ3) is 3.49. The van der Waals surface area contributed by atoms with Gasteiger partial charge in [0, 0.05) is 12.6 Å². The first kappa shape index (κ1) is 14.8. The van der Waals surface area contributed by atoms with E-state index in [2.05, 4.69) is 75.5 Å². The maximum atomic E-state index is 3.62. The normalized spacial score (nSPS) is 12.4. The van der Waals surface area contributed by atoms with Gasteiger partial charge >= 0.3 is 0 Å². The molecule has 0 radical (unpaired) electrons. The van der Waals surface area contributed by atoms with Gasteiger partial charge < -0.3 is 5.32 Å². The van der Waals surface area contributed by atoms with Gasteiger partial charge in [-0.3, -0.25) is 0 Å². The third-order valence-electron chi connectivity index (χ3n) is 4.20. The summed E-state index contributed by atoms with van der Waals surface area (Å²) < 4.78 is 0. The van der Waals surface area contributed by atoms with E-state index in [1.807, 2.05) is 0 Å². The van der Waals surface area contributed by atoms with Crippen molar-refractivity contribution in [2.45, 2.75) is 46.7 Å². The number of aryl methyl sites for hydroxylation is 2. The van der Waals surface area contributed by atoms with Crippen LogP contribution in [0.5, 0.6) is 0 Å². The van der Waals surface area contributed by atoms with E-state index < -0.39 is 0 Å². The van der Waals surface area contributed by atoms with Crippen LogP contribution in [0.4, 0.5) is 0 Å². The zero-order valence-corrected chi connectivity index (χ0v) is 13.0. The van der Waals surface area contributed by atoms with Gasteiger partial charge in [0.25, 0.3) is 0 Å². The molecule has 1 unspecified atom stereocenters. The minimum absolute atomic E-state index is 0.376. The summed E-state index contributed by atoms with van der Waals surface area (Å²) in [7, 11) is 0. The fourth-order valence-corrected chi connectivity index (χ4v) is 2.43. The Kier molecular flexibility index (Phi) is 4.97. The molecule has 0 bridgehead atoms. The smallest absolute Gasteiger partial charge is 0.0294 e. The molecule has 0 saturated carbocycles. The van der Waals surface area contributed by atoms with Crippen molar-refractivity contribution in [2.75, 3.05) is 0 Å². The molecular formula is C19H25N. The number of benzene rings is 2. The second-order valence-corrected chi connectivity index (χ2v) is 5.56. The van der Waals surface area contributed by atoms with Crippen molar-refractivity contribution in [2.24, 2.45) is 0 Å². The Labute approximate surface area is 123 Å². The van der Waals surface area contributed by atoms with Gasteiger partial charge in [-0.15, -0.1) is 0 Å². The molecule has 0 aliphatic rings. The second kappa shape index (κ2) is 6.71. The van der Waals surface area contributed by atoms with Gasteiger partial charge in [0.15, 0.2) is 0 Å². The maximum Gasteiger partial charge on any atom is 0.0294 e. The molecule has 1 nitrogen and oxygen atoms in total. The molecule has 1 heteroatoms. The lowest BCUT2D eigenvalue weighted by Crippen LogP contribution is -2.18. The molecule has 0 spiro atoms. The van der Waals surface area contributed by atoms with Gasteiger partial charge in [0.05, 0.1) is 0 Å². The van der Waals surface area contributed by atoms with Crippen LogP contribution >= 0.6 is 0 Å². The van der Waals surface area contributed by atoms with Crippen LogP contribution in [0, 0.1) is 13.8 Å². The van der Waals surface area contributed by atoms with Crippen LogP contribution in [0.1, 0.15) is 47.7 Å².